The summed E-state index contributed by atoms with van der Waals surface area (Å²) in [5.41, 5.74) is 3.03. The zero-order valence-electron chi connectivity index (χ0n) is 16.7. The van der Waals surface area contributed by atoms with E-state index in [-0.39, 0.29) is 17.6 Å². The molecule has 2 aromatic carbocycles. The highest BCUT2D eigenvalue weighted by atomic mass is 32.1. The maximum atomic E-state index is 13.3. The third kappa shape index (κ3) is 3.70. The fourth-order valence-corrected chi connectivity index (χ4v) is 4.41. The van der Waals surface area contributed by atoms with Crippen molar-refractivity contribution < 1.29 is 14.0 Å². The lowest BCUT2D eigenvalue weighted by molar-refractivity contribution is 0.0945. The molecule has 2 amide bonds. The predicted molar refractivity (Wildman–Crippen MR) is 118 cm³/mol. The first-order chi connectivity index (χ1) is 15.0. The molecule has 1 fully saturated rings. The number of hydrogen-bond donors (Lipinski definition) is 2. The molecule has 8 heteroatoms. The highest BCUT2D eigenvalue weighted by Crippen LogP contribution is 2.34. The van der Waals surface area contributed by atoms with Crippen molar-refractivity contribution in [2.75, 3.05) is 7.05 Å². The van der Waals surface area contributed by atoms with Gasteiger partial charge < -0.3 is 10.6 Å². The minimum atomic E-state index is -0.348. The van der Waals surface area contributed by atoms with Crippen LogP contribution in [0.3, 0.4) is 0 Å². The number of halogens is 1. The van der Waals surface area contributed by atoms with Gasteiger partial charge in [-0.05, 0) is 54.8 Å². The van der Waals surface area contributed by atoms with Gasteiger partial charge in [0.05, 0.1) is 4.88 Å². The largest absolute Gasteiger partial charge is 0.354 e. The molecule has 0 unspecified atom stereocenters. The summed E-state index contributed by atoms with van der Waals surface area (Å²) < 4.78 is 15.1. The molecular weight excluding hydrogens is 415 g/mol. The van der Waals surface area contributed by atoms with Crippen LogP contribution in [0.1, 0.15) is 33.7 Å². The van der Waals surface area contributed by atoms with E-state index in [9.17, 15) is 14.0 Å². The van der Waals surface area contributed by atoms with Crippen LogP contribution in [0.5, 0.6) is 0 Å². The first-order valence-corrected chi connectivity index (χ1v) is 10.8. The lowest BCUT2D eigenvalue weighted by Gasteiger charge is -2.05. The second kappa shape index (κ2) is 7.63. The first kappa shape index (κ1) is 19.4. The number of benzene rings is 2. The van der Waals surface area contributed by atoms with Crippen molar-refractivity contribution in [2.45, 2.75) is 18.9 Å². The predicted octanol–water partition coefficient (Wildman–Crippen LogP) is 4.12. The molecule has 0 radical (unpaired) electrons. The van der Waals surface area contributed by atoms with Crippen LogP contribution in [0.25, 0.3) is 26.7 Å². The van der Waals surface area contributed by atoms with E-state index in [1.54, 1.807) is 29.6 Å². The fourth-order valence-electron chi connectivity index (χ4n) is 3.43. The minimum absolute atomic E-state index is 0.0738. The number of hydrogen-bond acceptors (Lipinski definition) is 4. The Morgan fingerprint density at radius 2 is 1.87 bits per heavy atom. The number of carbonyl (C=O) groups excluding carboxylic acids is 2. The number of amides is 2. The van der Waals surface area contributed by atoms with Gasteiger partial charge in [-0.15, -0.1) is 0 Å². The first-order valence-electron chi connectivity index (χ1n) is 9.94. The Balaban J connectivity index is 1.56. The number of nitrogens with zero attached hydrogens (tertiary/aromatic N) is 2. The average molecular weight is 434 g/mol. The maximum Gasteiger partial charge on any atom is 0.270 e. The fraction of sp³-hybridized carbons (Fsp3) is 0.174. The lowest BCUT2D eigenvalue weighted by atomic mass is 10.1. The molecule has 156 valence electrons. The van der Waals surface area contributed by atoms with Crippen molar-refractivity contribution in [2.24, 2.45) is 0 Å². The van der Waals surface area contributed by atoms with Crippen molar-refractivity contribution in [1.29, 1.82) is 0 Å². The second-order valence-electron chi connectivity index (χ2n) is 7.47. The highest BCUT2D eigenvalue weighted by molar-refractivity contribution is 7.20. The molecule has 31 heavy (non-hydrogen) atoms. The SMILES string of the molecule is CNC(=O)c1c(-c2ccc(F)cc2)nc2sc(-c3cccc(C(=O)NC4CC4)c3)cn12. The second-order valence-corrected chi connectivity index (χ2v) is 8.48. The molecule has 5 rings (SSSR count). The van der Waals surface area contributed by atoms with Gasteiger partial charge in [-0.1, -0.05) is 23.5 Å². The van der Waals surface area contributed by atoms with Crippen LogP contribution >= 0.6 is 11.3 Å². The van der Waals surface area contributed by atoms with E-state index in [1.165, 1.54) is 23.5 Å². The van der Waals surface area contributed by atoms with Gasteiger partial charge in [0.25, 0.3) is 11.8 Å². The molecule has 4 aromatic rings. The molecule has 0 aliphatic heterocycles. The Kier molecular flexibility index (Phi) is 4.78. The Labute approximate surface area is 181 Å². The van der Waals surface area contributed by atoms with Crippen molar-refractivity contribution in [3.8, 4) is 21.7 Å². The number of imidazole rings is 1. The number of rotatable bonds is 5. The van der Waals surface area contributed by atoms with Crippen LogP contribution in [-0.2, 0) is 0 Å². The third-order valence-electron chi connectivity index (χ3n) is 5.21. The molecule has 2 N–H and O–H groups in total. The van der Waals surface area contributed by atoms with Gasteiger partial charge >= 0.3 is 0 Å². The topological polar surface area (TPSA) is 75.5 Å². The average Bonchev–Trinajstić information content (AvgIpc) is 3.39. The van der Waals surface area contributed by atoms with E-state index in [0.29, 0.717) is 33.5 Å². The van der Waals surface area contributed by atoms with Crippen LogP contribution in [-0.4, -0.2) is 34.3 Å². The zero-order valence-corrected chi connectivity index (χ0v) is 17.5. The van der Waals surface area contributed by atoms with Gasteiger partial charge in [0, 0.05) is 30.4 Å². The highest BCUT2D eigenvalue weighted by Gasteiger charge is 2.25. The summed E-state index contributed by atoms with van der Waals surface area (Å²) in [6.07, 6.45) is 3.92. The number of carbonyl (C=O) groups is 2. The normalized spacial score (nSPS) is 13.4. The van der Waals surface area contributed by atoms with Gasteiger partial charge in [-0.25, -0.2) is 9.37 Å². The van der Waals surface area contributed by atoms with Gasteiger partial charge in [0.1, 0.15) is 17.2 Å². The van der Waals surface area contributed by atoms with E-state index in [0.717, 1.165) is 23.3 Å². The number of thiazole rings is 1. The van der Waals surface area contributed by atoms with Crippen LogP contribution in [0, 0.1) is 5.82 Å². The smallest absolute Gasteiger partial charge is 0.270 e. The van der Waals surface area contributed by atoms with Gasteiger partial charge in [-0.2, -0.15) is 0 Å². The quantitative estimate of drug-likeness (QED) is 0.496. The monoisotopic (exact) mass is 434 g/mol. The van der Waals surface area contributed by atoms with Crippen molar-refractivity contribution in [1.82, 2.24) is 20.0 Å². The summed E-state index contributed by atoms with van der Waals surface area (Å²) in [5.74, 6) is -0.705. The molecule has 2 aromatic heterocycles. The lowest BCUT2D eigenvalue weighted by Crippen LogP contribution is -2.25. The molecule has 0 saturated heterocycles. The van der Waals surface area contributed by atoms with E-state index in [2.05, 4.69) is 15.6 Å². The van der Waals surface area contributed by atoms with Gasteiger partial charge in [-0.3, -0.25) is 14.0 Å². The molecule has 6 nitrogen and oxygen atoms in total. The summed E-state index contributed by atoms with van der Waals surface area (Å²) in [5, 5.41) is 5.66. The molecule has 2 heterocycles. The summed E-state index contributed by atoms with van der Waals surface area (Å²) in [4.78, 5) is 31.2. The maximum absolute atomic E-state index is 13.3. The summed E-state index contributed by atoms with van der Waals surface area (Å²) in [6, 6.07) is 13.6. The molecule has 0 spiro atoms. The standard InChI is InChI=1S/C23H19FN4O2S/c1-25-22(30)20-19(13-5-7-16(24)8-6-13)27-23-28(20)12-18(31-23)14-3-2-4-15(11-14)21(29)26-17-9-10-17/h2-8,11-12,17H,9-10H2,1H3,(H,25,30)(H,26,29). The van der Waals surface area contributed by atoms with Crippen molar-refractivity contribution in [3.05, 3.63) is 71.8 Å². The van der Waals surface area contributed by atoms with E-state index < -0.39 is 0 Å². The Bertz CT molecular complexity index is 1310. The summed E-state index contributed by atoms with van der Waals surface area (Å²) >= 11 is 1.42. The Morgan fingerprint density at radius 3 is 2.58 bits per heavy atom. The zero-order chi connectivity index (χ0) is 21.5. The minimum Gasteiger partial charge on any atom is -0.354 e. The van der Waals surface area contributed by atoms with Crippen LogP contribution in [0.2, 0.25) is 0 Å². The van der Waals surface area contributed by atoms with Crippen molar-refractivity contribution >= 4 is 28.1 Å². The van der Waals surface area contributed by atoms with Crippen LogP contribution < -0.4 is 10.6 Å². The van der Waals surface area contributed by atoms with Gasteiger partial charge in [0.2, 0.25) is 0 Å². The van der Waals surface area contributed by atoms with Gasteiger partial charge in [0.15, 0.2) is 4.96 Å². The number of aromatic nitrogens is 2. The van der Waals surface area contributed by atoms with Crippen LogP contribution in [0.4, 0.5) is 4.39 Å². The van der Waals surface area contributed by atoms with E-state index in [4.69, 9.17) is 0 Å². The summed E-state index contributed by atoms with van der Waals surface area (Å²) in [7, 11) is 1.56. The van der Waals surface area contributed by atoms with Crippen LogP contribution in [0.15, 0.2) is 54.7 Å². The molecule has 0 bridgehead atoms. The van der Waals surface area contributed by atoms with E-state index in [1.807, 2.05) is 24.4 Å². The number of nitrogens with one attached hydrogen (secondary N) is 2. The van der Waals surface area contributed by atoms with E-state index >= 15 is 0 Å². The molecule has 1 saturated carbocycles. The molecule has 1 aliphatic rings. The Hall–Kier alpha value is -3.52. The third-order valence-corrected chi connectivity index (χ3v) is 6.24. The molecule has 0 atom stereocenters. The van der Waals surface area contributed by atoms with Crippen molar-refractivity contribution in [3.63, 3.8) is 0 Å². The Morgan fingerprint density at radius 1 is 1.10 bits per heavy atom. The number of fused-ring (bicyclic) bond motifs is 1. The molecule has 1 aliphatic carbocycles. The molecular formula is C23H19FN4O2S. The summed E-state index contributed by atoms with van der Waals surface area (Å²) in [6.45, 7) is 0.